The van der Waals surface area contributed by atoms with Crippen LogP contribution >= 0.6 is 0 Å². The molecule has 0 radical (unpaired) electrons. The second-order valence-electron chi connectivity index (χ2n) is 6.00. The van der Waals surface area contributed by atoms with Gasteiger partial charge < -0.3 is 19.9 Å². The van der Waals surface area contributed by atoms with E-state index >= 15 is 0 Å². The van der Waals surface area contributed by atoms with Crippen LogP contribution in [0.3, 0.4) is 0 Å². The van der Waals surface area contributed by atoms with E-state index in [-0.39, 0.29) is 30.1 Å². The zero-order valence-electron chi connectivity index (χ0n) is 13.7. The predicted molar refractivity (Wildman–Crippen MR) is 87.7 cm³/mol. The van der Waals surface area contributed by atoms with Crippen LogP contribution in [0, 0.1) is 5.92 Å². The molecule has 0 unspecified atom stereocenters. The molecule has 2 heterocycles. The van der Waals surface area contributed by atoms with Gasteiger partial charge in [0.05, 0.1) is 18.7 Å². The third kappa shape index (κ3) is 3.20. The zero-order valence-corrected chi connectivity index (χ0v) is 13.7. The van der Waals surface area contributed by atoms with Gasteiger partial charge in [-0.25, -0.2) is 0 Å². The van der Waals surface area contributed by atoms with Crippen molar-refractivity contribution in [2.75, 3.05) is 38.2 Å². The Balaban J connectivity index is 1.72. The van der Waals surface area contributed by atoms with Crippen LogP contribution in [0.2, 0.25) is 0 Å². The molecule has 3 rings (SSSR count). The van der Waals surface area contributed by atoms with E-state index in [0.717, 1.165) is 0 Å². The molecule has 1 aromatic rings. The van der Waals surface area contributed by atoms with Crippen molar-refractivity contribution in [3.8, 4) is 5.75 Å². The summed E-state index contributed by atoms with van der Waals surface area (Å²) in [5, 5.41) is 2.75. The summed E-state index contributed by atoms with van der Waals surface area (Å²) in [4.78, 5) is 39.8. The van der Waals surface area contributed by atoms with Gasteiger partial charge in [-0.05, 0) is 12.1 Å². The number of hydrogen-bond acceptors (Lipinski definition) is 4. The van der Waals surface area contributed by atoms with Gasteiger partial charge in [-0.2, -0.15) is 0 Å². The molecule has 0 bridgehead atoms. The van der Waals surface area contributed by atoms with Gasteiger partial charge in [-0.1, -0.05) is 12.1 Å². The average Bonchev–Trinajstić information content (AvgIpc) is 2.84. The highest BCUT2D eigenvalue weighted by molar-refractivity contribution is 6.01. The number of anilines is 1. The molecule has 128 valence electrons. The normalized spacial score (nSPS) is 21.5. The summed E-state index contributed by atoms with van der Waals surface area (Å²) in [5.74, 6) is 0.0571. The SMILES string of the molecule is COc1ccccc1N1C[C@H](C(=O)N2CCNC(=O)CC2)CC1=O. The van der Waals surface area contributed by atoms with Gasteiger partial charge in [0, 0.05) is 39.0 Å². The summed E-state index contributed by atoms with van der Waals surface area (Å²) in [6, 6.07) is 7.29. The van der Waals surface area contributed by atoms with Crippen molar-refractivity contribution in [2.45, 2.75) is 12.8 Å². The van der Waals surface area contributed by atoms with Gasteiger partial charge >= 0.3 is 0 Å². The fourth-order valence-corrected chi connectivity index (χ4v) is 3.20. The summed E-state index contributed by atoms with van der Waals surface area (Å²) in [7, 11) is 1.56. The molecule has 24 heavy (non-hydrogen) atoms. The molecule has 2 aliphatic rings. The van der Waals surface area contributed by atoms with Gasteiger partial charge in [0.1, 0.15) is 5.75 Å². The predicted octanol–water partition coefficient (Wildman–Crippen LogP) is 0.397. The van der Waals surface area contributed by atoms with Crippen LogP contribution in [0.15, 0.2) is 24.3 Å². The molecule has 7 heteroatoms. The standard InChI is InChI=1S/C17H21N3O4/c1-24-14-5-3-2-4-13(14)20-11-12(10-16(20)22)17(23)19-8-6-15(21)18-7-9-19/h2-5,12H,6-11H2,1H3,(H,18,21)/t12-/m1/s1. The molecule has 0 aliphatic carbocycles. The smallest absolute Gasteiger partial charge is 0.228 e. The third-order valence-electron chi connectivity index (χ3n) is 4.47. The fraction of sp³-hybridized carbons (Fsp3) is 0.471. The van der Waals surface area contributed by atoms with E-state index in [2.05, 4.69) is 5.32 Å². The number of methoxy groups -OCH3 is 1. The lowest BCUT2D eigenvalue weighted by Gasteiger charge is -2.23. The Morgan fingerprint density at radius 3 is 2.83 bits per heavy atom. The number of para-hydroxylation sites is 2. The van der Waals surface area contributed by atoms with Crippen molar-refractivity contribution >= 4 is 23.4 Å². The van der Waals surface area contributed by atoms with E-state index in [1.807, 2.05) is 18.2 Å². The molecule has 1 N–H and O–H groups in total. The zero-order chi connectivity index (χ0) is 17.1. The van der Waals surface area contributed by atoms with Gasteiger partial charge in [-0.3, -0.25) is 14.4 Å². The number of rotatable bonds is 3. The van der Waals surface area contributed by atoms with Crippen molar-refractivity contribution in [1.82, 2.24) is 10.2 Å². The first kappa shape index (κ1) is 16.3. The van der Waals surface area contributed by atoms with Crippen LogP contribution in [0.5, 0.6) is 5.75 Å². The monoisotopic (exact) mass is 331 g/mol. The number of carbonyl (C=O) groups excluding carboxylic acids is 3. The number of nitrogens with zero attached hydrogens (tertiary/aromatic N) is 2. The van der Waals surface area contributed by atoms with Crippen LogP contribution in [0.25, 0.3) is 0 Å². The molecule has 0 saturated carbocycles. The Kier molecular flexibility index (Phi) is 4.69. The Morgan fingerprint density at radius 1 is 1.25 bits per heavy atom. The summed E-state index contributed by atoms with van der Waals surface area (Å²) < 4.78 is 5.31. The number of nitrogens with one attached hydrogen (secondary N) is 1. The van der Waals surface area contributed by atoms with Crippen molar-refractivity contribution in [1.29, 1.82) is 0 Å². The molecule has 1 aromatic carbocycles. The maximum Gasteiger partial charge on any atom is 0.228 e. The lowest BCUT2D eigenvalue weighted by molar-refractivity contribution is -0.135. The Bertz CT molecular complexity index is 661. The van der Waals surface area contributed by atoms with Crippen LogP contribution in [0.4, 0.5) is 5.69 Å². The molecule has 2 aliphatic heterocycles. The summed E-state index contributed by atoms with van der Waals surface area (Å²) >= 11 is 0. The second-order valence-corrected chi connectivity index (χ2v) is 6.00. The highest BCUT2D eigenvalue weighted by Gasteiger charge is 2.38. The first-order valence-electron chi connectivity index (χ1n) is 8.09. The molecule has 2 saturated heterocycles. The number of amides is 3. The van der Waals surface area contributed by atoms with Gasteiger partial charge in [-0.15, -0.1) is 0 Å². The number of carbonyl (C=O) groups is 3. The quantitative estimate of drug-likeness (QED) is 0.869. The number of hydrogen-bond donors (Lipinski definition) is 1. The minimum absolute atomic E-state index is 0.0385. The van der Waals surface area contributed by atoms with E-state index in [1.54, 1.807) is 23.0 Å². The van der Waals surface area contributed by atoms with E-state index in [9.17, 15) is 14.4 Å². The largest absolute Gasteiger partial charge is 0.495 e. The summed E-state index contributed by atoms with van der Waals surface area (Å²) in [6.07, 6.45) is 0.497. The Morgan fingerprint density at radius 2 is 2.04 bits per heavy atom. The van der Waals surface area contributed by atoms with E-state index in [4.69, 9.17) is 4.74 Å². The summed E-state index contributed by atoms with van der Waals surface area (Å²) in [6.45, 7) is 1.70. The number of ether oxygens (including phenoxy) is 1. The maximum absolute atomic E-state index is 12.7. The van der Waals surface area contributed by atoms with E-state index in [1.165, 1.54) is 0 Å². The lowest BCUT2D eigenvalue weighted by Crippen LogP contribution is -2.39. The molecule has 7 nitrogen and oxygen atoms in total. The first-order valence-corrected chi connectivity index (χ1v) is 8.09. The Hall–Kier alpha value is -2.57. The molecular weight excluding hydrogens is 310 g/mol. The lowest BCUT2D eigenvalue weighted by atomic mass is 10.1. The molecule has 0 spiro atoms. The third-order valence-corrected chi connectivity index (χ3v) is 4.47. The van der Waals surface area contributed by atoms with Crippen LogP contribution < -0.4 is 15.0 Å². The minimum atomic E-state index is -0.379. The van der Waals surface area contributed by atoms with Gasteiger partial charge in [0.2, 0.25) is 17.7 Å². The molecule has 2 fully saturated rings. The second kappa shape index (κ2) is 6.90. The Labute approximate surface area is 140 Å². The number of benzene rings is 1. The highest BCUT2D eigenvalue weighted by atomic mass is 16.5. The topological polar surface area (TPSA) is 79.0 Å². The van der Waals surface area contributed by atoms with Crippen LogP contribution in [-0.4, -0.2) is 55.9 Å². The van der Waals surface area contributed by atoms with E-state index in [0.29, 0.717) is 44.0 Å². The first-order chi connectivity index (χ1) is 11.6. The fourth-order valence-electron chi connectivity index (χ4n) is 3.20. The van der Waals surface area contributed by atoms with Crippen molar-refractivity contribution in [3.63, 3.8) is 0 Å². The molecule has 3 amide bonds. The van der Waals surface area contributed by atoms with Gasteiger partial charge in [0.15, 0.2) is 0 Å². The summed E-state index contributed by atoms with van der Waals surface area (Å²) in [5.41, 5.74) is 0.688. The molecular formula is C17H21N3O4. The average molecular weight is 331 g/mol. The van der Waals surface area contributed by atoms with Crippen LogP contribution in [0.1, 0.15) is 12.8 Å². The minimum Gasteiger partial charge on any atom is -0.495 e. The van der Waals surface area contributed by atoms with Gasteiger partial charge in [0.25, 0.3) is 0 Å². The molecule has 0 aromatic heterocycles. The van der Waals surface area contributed by atoms with Crippen molar-refractivity contribution in [3.05, 3.63) is 24.3 Å². The maximum atomic E-state index is 12.7. The van der Waals surface area contributed by atoms with Crippen molar-refractivity contribution in [2.24, 2.45) is 5.92 Å². The van der Waals surface area contributed by atoms with Crippen molar-refractivity contribution < 1.29 is 19.1 Å². The highest BCUT2D eigenvalue weighted by Crippen LogP contribution is 2.33. The van der Waals surface area contributed by atoms with Crippen LogP contribution in [-0.2, 0) is 14.4 Å². The van der Waals surface area contributed by atoms with E-state index < -0.39 is 0 Å². The molecule has 1 atom stereocenters.